The maximum Gasteiger partial charge on any atom is 0.307 e. The lowest BCUT2D eigenvalue weighted by Gasteiger charge is -2.22. The van der Waals surface area contributed by atoms with E-state index in [1.54, 1.807) is 0 Å². The van der Waals surface area contributed by atoms with E-state index >= 15 is 0 Å². The summed E-state index contributed by atoms with van der Waals surface area (Å²) in [6.45, 7) is 2.01. The van der Waals surface area contributed by atoms with Crippen LogP contribution in [-0.4, -0.2) is 40.3 Å². The zero-order chi connectivity index (χ0) is 13.0. The van der Waals surface area contributed by atoms with Crippen molar-refractivity contribution in [2.24, 2.45) is 5.92 Å². The molecule has 1 fully saturated rings. The van der Waals surface area contributed by atoms with E-state index in [4.69, 9.17) is 5.11 Å². The molecule has 0 radical (unpaired) electrons. The van der Waals surface area contributed by atoms with E-state index in [0.29, 0.717) is 19.4 Å². The average molecular weight is 249 g/mol. The Labute approximate surface area is 107 Å². The fourth-order valence-corrected chi connectivity index (χ4v) is 2.42. The van der Waals surface area contributed by atoms with Crippen LogP contribution in [0.5, 0.6) is 0 Å². The zero-order valence-corrected chi connectivity index (χ0v) is 10.3. The van der Waals surface area contributed by atoms with Crippen molar-refractivity contribution >= 4 is 5.97 Å². The normalized spacial score (nSPS) is 25.6. The van der Waals surface area contributed by atoms with E-state index in [9.17, 15) is 9.90 Å². The third-order valence-electron chi connectivity index (χ3n) is 3.41. The molecule has 18 heavy (non-hydrogen) atoms. The van der Waals surface area contributed by atoms with Crippen LogP contribution in [0.2, 0.25) is 0 Å². The van der Waals surface area contributed by atoms with Crippen molar-refractivity contribution < 1.29 is 15.0 Å². The molecule has 1 heterocycles. The van der Waals surface area contributed by atoms with Gasteiger partial charge in [-0.25, -0.2) is 0 Å². The summed E-state index contributed by atoms with van der Waals surface area (Å²) >= 11 is 0. The van der Waals surface area contributed by atoms with Gasteiger partial charge in [-0.1, -0.05) is 30.3 Å². The standard InChI is InChI=1S/C14H19NO3/c16-13-6-7-15(10-12(8-13)14(17)18)9-11-4-2-1-3-5-11/h1-5,12-13,16H,6-10H2,(H,17,18). The summed E-state index contributed by atoms with van der Waals surface area (Å²) in [5.74, 6) is -1.28. The summed E-state index contributed by atoms with van der Waals surface area (Å²) in [4.78, 5) is 13.2. The number of benzene rings is 1. The number of aliphatic carboxylic acids is 1. The number of hydrogen-bond acceptors (Lipinski definition) is 3. The molecule has 4 heteroatoms. The van der Waals surface area contributed by atoms with E-state index in [2.05, 4.69) is 4.90 Å². The molecule has 1 aliphatic heterocycles. The molecule has 98 valence electrons. The van der Waals surface area contributed by atoms with Gasteiger partial charge < -0.3 is 10.2 Å². The van der Waals surface area contributed by atoms with Crippen LogP contribution in [0.1, 0.15) is 18.4 Å². The predicted molar refractivity (Wildman–Crippen MR) is 68.1 cm³/mol. The van der Waals surface area contributed by atoms with Crippen LogP contribution >= 0.6 is 0 Å². The third-order valence-corrected chi connectivity index (χ3v) is 3.41. The molecule has 2 unspecified atom stereocenters. The Morgan fingerprint density at radius 3 is 2.72 bits per heavy atom. The highest BCUT2D eigenvalue weighted by Crippen LogP contribution is 2.19. The number of carboxylic acid groups (broad SMARTS) is 1. The van der Waals surface area contributed by atoms with Gasteiger partial charge in [0.1, 0.15) is 0 Å². The van der Waals surface area contributed by atoms with Crippen LogP contribution in [0.4, 0.5) is 0 Å². The first-order valence-electron chi connectivity index (χ1n) is 6.32. The van der Waals surface area contributed by atoms with Crippen molar-refractivity contribution in [1.82, 2.24) is 4.90 Å². The summed E-state index contributed by atoms with van der Waals surface area (Å²) in [6, 6.07) is 10.0. The monoisotopic (exact) mass is 249 g/mol. The van der Waals surface area contributed by atoms with Crippen molar-refractivity contribution in [1.29, 1.82) is 0 Å². The quantitative estimate of drug-likeness (QED) is 0.848. The van der Waals surface area contributed by atoms with Gasteiger partial charge in [0.2, 0.25) is 0 Å². The molecule has 2 N–H and O–H groups in total. The van der Waals surface area contributed by atoms with Gasteiger partial charge in [-0.15, -0.1) is 0 Å². The Hall–Kier alpha value is -1.39. The van der Waals surface area contributed by atoms with Crippen molar-refractivity contribution in [2.75, 3.05) is 13.1 Å². The Kier molecular flexibility index (Phi) is 4.33. The topological polar surface area (TPSA) is 60.8 Å². The number of hydrogen-bond donors (Lipinski definition) is 2. The SMILES string of the molecule is O=C(O)C1CC(O)CCN(Cc2ccccc2)C1. The van der Waals surface area contributed by atoms with Gasteiger partial charge in [0.15, 0.2) is 0 Å². The molecule has 0 spiro atoms. The van der Waals surface area contributed by atoms with E-state index in [-0.39, 0.29) is 0 Å². The Morgan fingerprint density at radius 1 is 1.33 bits per heavy atom. The van der Waals surface area contributed by atoms with E-state index in [1.807, 2.05) is 30.3 Å². The maximum absolute atomic E-state index is 11.1. The highest BCUT2D eigenvalue weighted by Gasteiger charge is 2.27. The Bertz CT molecular complexity index is 393. The molecule has 0 aliphatic carbocycles. The Balaban J connectivity index is 2.01. The van der Waals surface area contributed by atoms with Crippen LogP contribution < -0.4 is 0 Å². The van der Waals surface area contributed by atoms with Crippen molar-refractivity contribution in [3.8, 4) is 0 Å². The second kappa shape index (κ2) is 5.98. The molecule has 0 amide bonds. The van der Waals surface area contributed by atoms with Crippen LogP contribution in [0.3, 0.4) is 0 Å². The van der Waals surface area contributed by atoms with Gasteiger partial charge in [0, 0.05) is 19.6 Å². The molecule has 1 aromatic rings. The second-order valence-corrected chi connectivity index (χ2v) is 4.93. The second-order valence-electron chi connectivity index (χ2n) is 4.93. The first-order valence-corrected chi connectivity index (χ1v) is 6.32. The lowest BCUT2D eigenvalue weighted by atomic mass is 10.0. The number of aliphatic hydroxyl groups is 1. The van der Waals surface area contributed by atoms with Gasteiger partial charge in [-0.2, -0.15) is 0 Å². The molecule has 0 saturated carbocycles. The fourth-order valence-electron chi connectivity index (χ4n) is 2.42. The molecule has 1 saturated heterocycles. The number of carboxylic acids is 1. The van der Waals surface area contributed by atoms with Gasteiger partial charge in [0.05, 0.1) is 12.0 Å². The van der Waals surface area contributed by atoms with Crippen LogP contribution in [0.25, 0.3) is 0 Å². The lowest BCUT2D eigenvalue weighted by Crippen LogP contribution is -2.31. The highest BCUT2D eigenvalue weighted by molar-refractivity contribution is 5.70. The minimum atomic E-state index is -0.811. The summed E-state index contributed by atoms with van der Waals surface area (Å²) < 4.78 is 0. The third kappa shape index (κ3) is 3.55. The molecular weight excluding hydrogens is 230 g/mol. The lowest BCUT2D eigenvalue weighted by molar-refractivity contribution is -0.143. The molecule has 0 aromatic heterocycles. The van der Waals surface area contributed by atoms with E-state index in [0.717, 1.165) is 13.1 Å². The summed E-state index contributed by atoms with van der Waals surface area (Å²) in [7, 11) is 0. The van der Waals surface area contributed by atoms with Crippen LogP contribution in [0, 0.1) is 5.92 Å². The molecule has 0 bridgehead atoms. The molecule has 2 rings (SSSR count). The molecule has 1 aliphatic rings. The molecule has 1 aromatic carbocycles. The predicted octanol–water partition coefficient (Wildman–Crippen LogP) is 1.34. The van der Waals surface area contributed by atoms with Crippen LogP contribution in [-0.2, 0) is 11.3 Å². The van der Waals surface area contributed by atoms with E-state index < -0.39 is 18.0 Å². The Morgan fingerprint density at radius 2 is 2.06 bits per heavy atom. The van der Waals surface area contributed by atoms with Gasteiger partial charge in [-0.05, 0) is 18.4 Å². The first kappa shape index (κ1) is 13.1. The maximum atomic E-state index is 11.1. The first-order chi connectivity index (χ1) is 8.65. The number of likely N-dealkylation sites (tertiary alicyclic amines) is 1. The molecule has 2 atom stereocenters. The number of carbonyl (C=O) groups is 1. The van der Waals surface area contributed by atoms with E-state index in [1.165, 1.54) is 5.56 Å². The highest BCUT2D eigenvalue weighted by atomic mass is 16.4. The number of nitrogens with zero attached hydrogens (tertiary/aromatic N) is 1. The smallest absolute Gasteiger partial charge is 0.307 e. The van der Waals surface area contributed by atoms with Gasteiger partial charge in [-0.3, -0.25) is 9.69 Å². The zero-order valence-electron chi connectivity index (χ0n) is 10.3. The molecule has 4 nitrogen and oxygen atoms in total. The van der Waals surface area contributed by atoms with Crippen molar-refractivity contribution in [3.63, 3.8) is 0 Å². The summed E-state index contributed by atoms with van der Waals surface area (Å²) in [6.07, 6.45) is 0.518. The van der Waals surface area contributed by atoms with Crippen LogP contribution in [0.15, 0.2) is 30.3 Å². The fraction of sp³-hybridized carbons (Fsp3) is 0.500. The largest absolute Gasteiger partial charge is 0.481 e. The van der Waals surface area contributed by atoms with Gasteiger partial charge >= 0.3 is 5.97 Å². The summed E-state index contributed by atoms with van der Waals surface area (Å²) in [5.41, 5.74) is 1.18. The van der Waals surface area contributed by atoms with Crippen molar-refractivity contribution in [2.45, 2.75) is 25.5 Å². The van der Waals surface area contributed by atoms with Gasteiger partial charge in [0.25, 0.3) is 0 Å². The molecular formula is C14H19NO3. The average Bonchev–Trinajstić information content (AvgIpc) is 2.53. The minimum absolute atomic E-state index is 0.362. The summed E-state index contributed by atoms with van der Waals surface area (Å²) in [5, 5.41) is 18.8. The number of rotatable bonds is 3. The minimum Gasteiger partial charge on any atom is -0.481 e. The number of aliphatic hydroxyl groups excluding tert-OH is 1. The van der Waals surface area contributed by atoms with Crippen molar-refractivity contribution in [3.05, 3.63) is 35.9 Å².